The second kappa shape index (κ2) is 4.89. The first-order valence-electron chi connectivity index (χ1n) is 5.45. The highest BCUT2D eigenvalue weighted by Gasteiger charge is 2.11. The Labute approximate surface area is 100 Å². The van der Waals surface area contributed by atoms with Crippen LogP contribution in [0.2, 0.25) is 0 Å². The molecule has 0 amide bonds. The highest BCUT2D eigenvalue weighted by molar-refractivity contribution is 5.52. The van der Waals surface area contributed by atoms with E-state index in [1.165, 1.54) is 0 Å². The van der Waals surface area contributed by atoms with E-state index in [1.54, 1.807) is 19.2 Å². The number of hydrogen-bond donors (Lipinski definition) is 3. The molecule has 2 aromatic carbocycles. The summed E-state index contributed by atoms with van der Waals surface area (Å²) in [5.74, 6) is 0.141. The second-order valence-corrected chi connectivity index (χ2v) is 3.88. The van der Waals surface area contributed by atoms with Crippen LogP contribution in [0.5, 0.6) is 5.75 Å². The van der Waals surface area contributed by atoms with Crippen molar-refractivity contribution in [2.45, 2.75) is 6.10 Å². The van der Waals surface area contributed by atoms with Crippen molar-refractivity contribution in [1.82, 2.24) is 0 Å². The van der Waals surface area contributed by atoms with Gasteiger partial charge in [-0.2, -0.15) is 0 Å². The monoisotopic (exact) mass is 229 g/mol. The van der Waals surface area contributed by atoms with Gasteiger partial charge in [-0.3, -0.25) is 0 Å². The summed E-state index contributed by atoms with van der Waals surface area (Å²) in [6.07, 6.45) is -0.726. The summed E-state index contributed by atoms with van der Waals surface area (Å²) >= 11 is 0. The van der Waals surface area contributed by atoms with Crippen LogP contribution in [0, 0.1) is 0 Å². The van der Waals surface area contributed by atoms with Gasteiger partial charge in [0.1, 0.15) is 11.9 Å². The number of aliphatic hydroxyl groups excluding tert-OH is 1. The van der Waals surface area contributed by atoms with Gasteiger partial charge in [0.05, 0.1) is 0 Å². The fourth-order valence-corrected chi connectivity index (χ4v) is 1.76. The van der Waals surface area contributed by atoms with E-state index < -0.39 is 6.10 Å². The fourth-order valence-electron chi connectivity index (χ4n) is 1.76. The molecule has 0 heterocycles. The number of aromatic hydroxyl groups is 1. The van der Waals surface area contributed by atoms with Crippen molar-refractivity contribution in [3.63, 3.8) is 0 Å². The Morgan fingerprint density at radius 1 is 1.00 bits per heavy atom. The fraction of sp³-hybridized carbons (Fsp3) is 0.143. The third-order valence-corrected chi connectivity index (χ3v) is 2.66. The van der Waals surface area contributed by atoms with Gasteiger partial charge in [-0.1, -0.05) is 30.3 Å². The molecule has 1 atom stereocenters. The van der Waals surface area contributed by atoms with Crippen molar-refractivity contribution >= 4 is 5.69 Å². The largest absolute Gasteiger partial charge is 0.508 e. The predicted octanol–water partition coefficient (Wildman–Crippen LogP) is 2.52. The van der Waals surface area contributed by atoms with Gasteiger partial charge in [0.15, 0.2) is 0 Å². The molecule has 0 radical (unpaired) electrons. The molecular formula is C14H15NO2. The van der Waals surface area contributed by atoms with E-state index in [2.05, 4.69) is 5.32 Å². The maximum atomic E-state index is 10.2. The first kappa shape index (κ1) is 11.5. The van der Waals surface area contributed by atoms with Gasteiger partial charge in [-0.15, -0.1) is 0 Å². The number of nitrogens with one attached hydrogen (secondary N) is 1. The summed E-state index contributed by atoms with van der Waals surface area (Å²) in [4.78, 5) is 0. The van der Waals surface area contributed by atoms with Gasteiger partial charge < -0.3 is 15.5 Å². The third-order valence-electron chi connectivity index (χ3n) is 2.66. The zero-order valence-electron chi connectivity index (χ0n) is 9.59. The van der Waals surface area contributed by atoms with Crippen LogP contribution in [0.3, 0.4) is 0 Å². The molecule has 17 heavy (non-hydrogen) atoms. The molecule has 3 N–H and O–H groups in total. The molecule has 0 aromatic heterocycles. The van der Waals surface area contributed by atoms with Crippen molar-refractivity contribution in [2.24, 2.45) is 0 Å². The Bertz CT molecular complexity index is 497. The lowest BCUT2D eigenvalue weighted by molar-refractivity contribution is 0.220. The first-order chi connectivity index (χ1) is 8.20. The number of benzene rings is 2. The van der Waals surface area contributed by atoms with Gasteiger partial charge in [-0.25, -0.2) is 0 Å². The lowest BCUT2D eigenvalue weighted by atomic mass is 10.0. The lowest BCUT2D eigenvalue weighted by Gasteiger charge is -2.13. The molecule has 2 aromatic rings. The van der Waals surface area contributed by atoms with E-state index in [1.807, 2.05) is 36.4 Å². The van der Waals surface area contributed by atoms with Gasteiger partial charge in [0.2, 0.25) is 0 Å². The molecule has 3 nitrogen and oxygen atoms in total. The van der Waals surface area contributed by atoms with Crippen LogP contribution < -0.4 is 5.32 Å². The number of phenolic OH excluding ortho intramolecular Hbond substituents is 1. The Kier molecular flexibility index (Phi) is 3.30. The van der Waals surface area contributed by atoms with Crippen LogP contribution >= 0.6 is 0 Å². The molecule has 0 bridgehead atoms. The molecule has 88 valence electrons. The van der Waals surface area contributed by atoms with Crippen LogP contribution in [0.15, 0.2) is 48.5 Å². The van der Waals surface area contributed by atoms with E-state index >= 15 is 0 Å². The van der Waals surface area contributed by atoms with Crippen LogP contribution in [0.25, 0.3) is 0 Å². The van der Waals surface area contributed by atoms with E-state index in [9.17, 15) is 10.2 Å². The number of anilines is 1. The van der Waals surface area contributed by atoms with E-state index in [0.29, 0.717) is 5.56 Å². The van der Waals surface area contributed by atoms with E-state index in [-0.39, 0.29) is 5.75 Å². The van der Waals surface area contributed by atoms with Crippen molar-refractivity contribution in [2.75, 3.05) is 12.4 Å². The number of aliphatic hydroxyl groups is 1. The minimum Gasteiger partial charge on any atom is -0.508 e. The van der Waals surface area contributed by atoms with E-state index in [0.717, 1.165) is 11.3 Å². The number of rotatable bonds is 3. The molecule has 0 aliphatic carbocycles. The minimum absolute atomic E-state index is 0.141. The summed E-state index contributed by atoms with van der Waals surface area (Å²) in [7, 11) is 1.77. The third kappa shape index (κ3) is 2.57. The van der Waals surface area contributed by atoms with Crippen LogP contribution in [-0.2, 0) is 0 Å². The molecule has 0 fully saturated rings. The molecule has 0 aliphatic rings. The topological polar surface area (TPSA) is 52.5 Å². The van der Waals surface area contributed by atoms with Crippen LogP contribution in [0.4, 0.5) is 5.69 Å². The molecule has 0 aliphatic heterocycles. The normalized spacial score (nSPS) is 12.1. The maximum absolute atomic E-state index is 10.2. The Morgan fingerprint density at radius 3 is 2.35 bits per heavy atom. The molecule has 3 heteroatoms. The van der Waals surface area contributed by atoms with Crippen molar-refractivity contribution in [3.05, 3.63) is 59.7 Å². The summed E-state index contributed by atoms with van der Waals surface area (Å²) in [6.45, 7) is 0. The van der Waals surface area contributed by atoms with E-state index in [4.69, 9.17) is 0 Å². The molecule has 2 rings (SSSR count). The Morgan fingerprint density at radius 2 is 1.71 bits per heavy atom. The molecule has 0 saturated carbocycles. The molecular weight excluding hydrogens is 214 g/mol. The average Bonchev–Trinajstić information content (AvgIpc) is 2.38. The molecule has 1 unspecified atom stereocenters. The maximum Gasteiger partial charge on any atom is 0.118 e. The highest BCUT2D eigenvalue weighted by Crippen LogP contribution is 2.27. The van der Waals surface area contributed by atoms with Gasteiger partial charge >= 0.3 is 0 Å². The van der Waals surface area contributed by atoms with Gasteiger partial charge in [0, 0.05) is 18.8 Å². The Hall–Kier alpha value is -2.00. The smallest absolute Gasteiger partial charge is 0.118 e. The Balaban J connectivity index is 2.37. The van der Waals surface area contributed by atoms with Gasteiger partial charge in [-0.05, 0) is 23.3 Å². The van der Waals surface area contributed by atoms with Crippen molar-refractivity contribution in [3.8, 4) is 5.75 Å². The van der Waals surface area contributed by atoms with Gasteiger partial charge in [0.25, 0.3) is 0 Å². The quantitative estimate of drug-likeness (QED) is 0.758. The molecule has 0 saturated heterocycles. The summed E-state index contributed by atoms with van der Waals surface area (Å²) in [5, 5.41) is 22.7. The second-order valence-electron chi connectivity index (χ2n) is 3.88. The van der Waals surface area contributed by atoms with Crippen LogP contribution in [0.1, 0.15) is 17.2 Å². The van der Waals surface area contributed by atoms with Crippen molar-refractivity contribution < 1.29 is 10.2 Å². The summed E-state index contributed by atoms with van der Waals surface area (Å²) in [6, 6.07) is 14.4. The summed E-state index contributed by atoms with van der Waals surface area (Å²) < 4.78 is 0. The van der Waals surface area contributed by atoms with Crippen LogP contribution in [-0.4, -0.2) is 17.3 Å². The zero-order chi connectivity index (χ0) is 12.3. The lowest BCUT2D eigenvalue weighted by Crippen LogP contribution is -2.00. The number of hydrogen-bond acceptors (Lipinski definition) is 3. The average molecular weight is 229 g/mol. The molecule has 0 spiro atoms. The number of phenols is 1. The standard InChI is InChI=1S/C14H15NO2/c1-15-12-7-11(8-13(16)9-12)14(17)10-5-3-2-4-6-10/h2-9,14-17H,1H3. The summed E-state index contributed by atoms with van der Waals surface area (Å²) in [5.41, 5.74) is 2.25. The van der Waals surface area contributed by atoms with Crippen molar-refractivity contribution in [1.29, 1.82) is 0 Å². The zero-order valence-corrected chi connectivity index (χ0v) is 9.59. The SMILES string of the molecule is CNc1cc(O)cc(C(O)c2ccccc2)c1. The highest BCUT2D eigenvalue weighted by atomic mass is 16.3. The first-order valence-corrected chi connectivity index (χ1v) is 5.45. The predicted molar refractivity (Wildman–Crippen MR) is 68.2 cm³/mol. The minimum atomic E-state index is -0.726.